The predicted molar refractivity (Wildman–Crippen MR) is 99.4 cm³/mol. The normalized spacial score (nSPS) is 16.6. The van der Waals surface area contributed by atoms with Gasteiger partial charge < -0.3 is 15.3 Å². The Bertz CT molecular complexity index is 844. The molecule has 1 aliphatic heterocycles. The van der Waals surface area contributed by atoms with Gasteiger partial charge in [0.1, 0.15) is 6.54 Å². The van der Waals surface area contributed by atoms with Crippen LogP contribution in [0, 0.1) is 5.92 Å². The summed E-state index contributed by atoms with van der Waals surface area (Å²) in [5, 5.41) is 15.4. The number of aryl methyl sites for hydroxylation is 1. The van der Waals surface area contributed by atoms with Crippen LogP contribution in [0.4, 0.5) is 11.5 Å². The molecule has 3 rings (SSSR count). The minimum atomic E-state index is -1.02. The summed E-state index contributed by atoms with van der Waals surface area (Å²) in [6, 6.07) is 9.37. The molecular weight excluding hydrogens is 348 g/mol. The van der Waals surface area contributed by atoms with Crippen LogP contribution >= 0.6 is 0 Å². The van der Waals surface area contributed by atoms with Crippen molar-refractivity contribution in [1.29, 1.82) is 0 Å². The Balaban J connectivity index is 1.61. The number of nitrogens with zero attached hydrogens (tertiary/aromatic N) is 3. The Labute approximate surface area is 156 Å². The topological polar surface area (TPSA) is 105 Å². The van der Waals surface area contributed by atoms with Crippen molar-refractivity contribution in [3.8, 4) is 0 Å². The third kappa shape index (κ3) is 4.52. The van der Waals surface area contributed by atoms with Crippen molar-refractivity contribution in [2.24, 2.45) is 5.92 Å². The van der Waals surface area contributed by atoms with Crippen molar-refractivity contribution in [3.63, 3.8) is 0 Å². The summed E-state index contributed by atoms with van der Waals surface area (Å²) < 4.78 is 1.22. The number of nitrogens with one attached hydrogen (secondary N) is 1. The zero-order chi connectivity index (χ0) is 19.4. The van der Waals surface area contributed by atoms with Gasteiger partial charge in [-0.05, 0) is 24.1 Å². The van der Waals surface area contributed by atoms with Gasteiger partial charge in [-0.2, -0.15) is 5.10 Å². The molecule has 1 fully saturated rings. The first-order chi connectivity index (χ1) is 13.0. The first-order valence-corrected chi connectivity index (χ1v) is 8.91. The molecule has 1 aliphatic rings. The number of rotatable bonds is 7. The van der Waals surface area contributed by atoms with Crippen molar-refractivity contribution in [1.82, 2.24) is 9.78 Å². The number of carbonyl (C=O) groups excluding carboxylic acids is 2. The second-order valence-electron chi connectivity index (χ2n) is 6.60. The summed E-state index contributed by atoms with van der Waals surface area (Å²) in [6.45, 7) is 2.15. The molecule has 27 heavy (non-hydrogen) atoms. The molecule has 1 atom stereocenters. The third-order valence-electron chi connectivity index (χ3n) is 4.47. The fourth-order valence-electron chi connectivity index (χ4n) is 3.15. The number of carboxylic acids is 1. The van der Waals surface area contributed by atoms with Crippen LogP contribution in [-0.2, 0) is 27.3 Å². The molecule has 8 heteroatoms. The molecule has 2 N–H and O–H groups in total. The van der Waals surface area contributed by atoms with Crippen molar-refractivity contribution in [3.05, 3.63) is 42.1 Å². The van der Waals surface area contributed by atoms with Crippen LogP contribution in [0.2, 0.25) is 0 Å². The van der Waals surface area contributed by atoms with Gasteiger partial charge in [0.05, 0.1) is 5.92 Å². The molecule has 1 saturated heterocycles. The van der Waals surface area contributed by atoms with E-state index < -0.39 is 11.9 Å². The number of hydrogen-bond acceptors (Lipinski definition) is 4. The van der Waals surface area contributed by atoms with E-state index >= 15 is 0 Å². The van der Waals surface area contributed by atoms with E-state index in [1.807, 2.05) is 24.3 Å². The monoisotopic (exact) mass is 370 g/mol. The standard InChI is InChI=1S/C19H22N4O4/c1-2-3-13-4-6-15(7-5-13)23-11-14(10-17(23)24)19(27)20-16-8-9-22(21-16)12-18(25)26/h4-9,14H,2-3,10-12H2,1H3,(H,25,26)(H,20,21,27). The van der Waals surface area contributed by atoms with E-state index in [2.05, 4.69) is 17.3 Å². The van der Waals surface area contributed by atoms with Crippen LogP contribution in [0.1, 0.15) is 25.3 Å². The molecule has 2 amide bonds. The summed E-state index contributed by atoms with van der Waals surface area (Å²) >= 11 is 0. The first-order valence-electron chi connectivity index (χ1n) is 8.91. The lowest BCUT2D eigenvalue weighted by atomic mass is 10.1. The molecule has 1 aromatic carbocycles. The summed E-state index contributed by atoms with van der Waals surface area (Å²) in [4.78, 5) is 37.1. The van der Waals surface area contributed by atoms with Crippen LogP contribution in [0.5, 0.6) is 0 Å². The number of benzene rings is 1. The van der Waals surface area contributed by atoms with Crippen molar-refractivity contribution in [2.75, 3.05) is 16.8 Å². The number of aromatic nitrogens is 2. The largest absolute Gasteiger partial charge is 0.480 e. The second kappa shape index (κ2) is 8.03. The Hall–Kier alpha value is -3.16. The van der Waals surface area contributed by atoms with E-state index in [1.54, 1.807) is 4.90 Å². The van der Waals surface area contributed by atoms with Crippen LogP contribution < -0.4 is 10.2 Å². The highest BCUT2D eigenvalue weighted by Crippen LogP contribution is 2.26. The quantitative estimate of drug-likeness (QED) is 0.775. The predicted octanol–water partition coefficient (Wildman–Crippen LogP) is 1.91. The van der Waals surface area contributed by atoms with Gasteiger partial charge in [0.25, 0.3) is 0 Å². The Morgan fingerprint density at radius 3 is 2.67 bits per heavy atom. The molecule has 2 aromatic rings. The highest BCUT2D eigenvalue weighted by Gasteiger charge is 2.35. The fraction of sp³-hybridized carbons (Fsp3) is 0.368. The highest BCUT2D eigenvalue weighted by atomic mass is 16.4. The number of anilines is 2. The maximum atomic E-state index is 12.5. The third-order valence-corrected chi connectivity index (χ3v) is 4.47. The minimum absolute atomic E-state index is 0.0881. The molecule has 1 aromatic heterocycles. The zero-order valence-electron chi connectivity index (χ0n) is 15.1. The molecule has 1 unspecified atom stereocenters. The Morgan fingerprint density at radius 2 is 2.00 bits per heavy atom. The zero-order valence-corrected chi connectivity index (χ0v) is 15.1. The summed E-state index contributed by atoms with van der Waals surface area (Å²) in [7, 11) is 0. The van der Waals surface area contributed by atoms with Crippen molar-refractivity contribution >= 4 is 29.3 Å². The van der Waals surface area contributed by atoms with Gasteiger partial charge in [0.2, 0.25) is 11.8 Å². The van der Waals surface area contributed by atoms with Crippen molar-refractivity contribution in [2.45, 2.75) is 32.7 Å². The summed E-state index contributed by atoms with van der Waals surface area (Å²) in [6.07, 6.45) is 3.67. The lowest BCUT2D eigenvalue weighted by molar-refractivity contribution is -0.137. The molecular formula is C19H22N4O4. The lowest BCUT2D eigenvalue weighted by Gasteiger charge is -2.17. The van der Waals surface area contributed by atoms with Crippen molar-refractivity contribution < 1.29 is 19.5 Å². The smallest absolute Gasteiger partial charge is 0.325 e. The maximum absolute atomic E-state index is 12.5. The van der Waals surface area contributed by atoms with Crippen LogP contribution in [0.15, 0.2) is 36.5 Å². The number of aliphatic carboxylic acids is 1. The van der Waals surface area contributed by atoms with Crippen LogP contribution in [-0.4, -0.2) is 39.2 Å². The fourth-order valence-corrected chi connectivity index (χ4v) is 3.15. The number of carbonyl (C=O) groups is 3. The van der Waals surface area contributed by atoms with Gasteiger partial charge in [0.15, 0.2) is 5.82 Å². The Kier molecular flexibility index (Phi) is 5.54. The first kappa shape index (κ1) is 18.6. The number of hydrogen-bond donors (Lipinski definition) is 2. The molecule has 0 spiro atoms. The maximum Gasteiger partial charge on any atom is 0.325 e. The molecule has 0 saturated carbocycles. The van der Waals surface area contributed by atoms with Gasteiger partial charge >= 0.3 is 5.97 Å². The second-order valence-corrected chi connectivity index (χ2v) is 6.60. The average Bonchev–Trinajstić information content (AvgIpc) is 3.22. The molecule has 0 aliphatic carbocycles. The number of amides is 2. The summed E-state index contributed by atoms with van der Waals surface area (Å²) in [5.41, 5.74) is 2.01. The average molecular weight is 370 g/mol. The molecule has 2 heterocycles. The van der Waals surface area contributed by atoms with E-state index in [9.17, 15) is 14.4 Å². The van der Waals surface area contributed by atoms with Gasteiger partial charge in [-0.15, -0.1) is 0 Å². The molecule has 0 bridgehead atoms. The van der Waals surface area contributed by atoms with Gasteiger partial charge in [-0.1, -0.05) is 25.5 Å². The molecule has 8 nitrogen and oxygen atoms in total. The van der Waals surface area contributed by atoms with Gasteiger partial charge in [-0.3, -0.25) is 19.1 Å². The SMILES string of the molecule is CCCc1ccc(N2CC(C(=O)Nc3ccn(CC(=O)O)n3)CC2=O)cc1. The van der Waals surface area contributed by atoms with E-state index in [4.69, 9.17) is 5.11 Å². The lowest BCUT2D eigenvalue weighted by Crippen LogP contribution is -2.28. The molecule has 142 valence electrons. The van der Waals surface area contributed by atoms with Gasteiger partial charge in [0, 0.05) is 30.9 Å². The minimum Gasteiger partial charge on any atom is -0.480 e. The van der Waals surface area contributed by atoms with E-state index in [1.165, 1.54) is 22.5 Å². The van der Waals surface area contributed by atoms with Crippen LogP contribution in [0.3, 0.4) is 0 Å². The number of carboxylic acid groups (broad SMARTS) is 1. The summed E-state index contributed by atoms with van der Waals surface area (Å²) in [5.74, 6) is -1.60. The van der Waals surface area contributed by atoms with Gasteiger partial charge in [-0.25, -0.2) is 0 Å². The molecule has 0 radical (unpaired) electrons. The van der Waals surface area contributed by atoms with E-state index in [-0.39, 0.29) is 30.6 Å². The van der Waals surface area contributed by atoms with E-state index in [0.717, 1.165) is 18.5 Å². The van der Waals surface area contributed by atoms with E-state index in [0.29, 0.717) is 6.54 Å². The highest BCUT2D eigenvalue weighted by molar-refractivity contribution is 6.03. The van der Waals surface area contributed by atoms with Crippen LogP contribution in [0.25, 0.3) is 0 Å². The Morgan fingerprint density at radius 1 is 1.26 bits per heavy atom.